The fourth-order valence-electron chi connectivity index (χ4n) is 1.25. The van der Waals surface area contributed by atoms with Gasteiger partial charge in [0.2, 0.25) is 0 Å². The standard InChI is InChI=1S/C12H22N2S/c1-9(2)5-6-11-14-10(7-15-11)12(3,4)8-13/h7,9H,5-6,8,13H2,1-4H3. The summed E-state index contributed by atoms with van der Waals surface area (Å²) in [4.78, 5) is 4.66. The molecule has 0 radical (unpaired) electrons. The van der Waals surface area contributed by atoms with Crippen molar-refractivity contribution in [1.82, 2.24) is 4.98 Å². The number of nitrogens with two attached hydrogens (primary N) is 1. The molecule has 2 nitrogen and oxygen atoms in total. The van der Waals surface area contributed by atoms with E-state index in [9.17, 15) is 0 Å². The molecule has 0 aliphatic rings. The van der Waals surface area contributed by atoms with Gasteiger partial charge >= 0.3 is 0 Å². The summed E-state index contributed by atoms with van der Waals surface area (Å²) in [6.45, 7) is 9.44. The molecule has 2 N–H and O–H groups in total. The zero-order chi connectivity index (χ0) is 11.5. The molecule has 0 aliphatic heterocycles. The number of hydrogen-bond donors (Lipinski definition) is 1. The van der Waals surface area contributed by atoms with Gasteiger partial charge in [0, 0.05) is 17.3 Å². The predicted molar refractivity (Wildman–Crippen MR) is 67.4 cm³/mol. The lowest BCUT2D eigenvalue weighted by Crippen LogP contribution is -2.28. The highest BCUT2D eigenvalue weighted by molar-refractivity contribution is 7.09. The van der Waals surface area contributed by atoms with Crippen molar-refractivity contribution in [3.63, 3.8) is 0 Å². The van der Waals surface area contributed by atoms with E-state index in [1.54, 1.807) is 11.3 Å². The van der Waals surface area contributed by atoms with Crippen molar-refractivity contribution in [2.45, 2.75) is 46.0 Å². The van der Waals surface area contributed by atoms with Crippen LogP contribution >= 0.6 is 11.3 Å². The molecule has 0 saturated heterocycles. The number of thiazole rings is 1. The maximum absolute atomic E-state index is 5.73. The first-order valence-corrected chi connectivity index (χ1v) is 6.48. The van der Waals surface area contributed by atoms with Crippen LogP contribution in [0.5, 0.6) is 0 Å². The van der Waals surface area contributed by atoms with Crippen molar-refractivity contribution >= 4 is 11.3 Å². The third-order valence-corrected chi connectivity index (χ3v) is 3.60. The second-order valence-electron chi connectivity index (χ2n) is 5.15. The van der Waals surface area contributed by atoms with Gasteiger partial charge in [0.1, 0.15) is 0 Å². The van der Waals surface area contributed by atoms with Crippen LogP contribution in [0.3, 0.4) is 0 Å². The lowest BCUT2D eigenvalue weighted by molar-refractivity contribution is 0.521. The molecule has 0 aromatic carbocycles. The lowest BCUT2D eigenvalue weighted by atomic mass is 9.90. The maximum Gasteiger partial charge on any atom is 0.0928 e. The number of aromatic nitrogens is 1. The highest BCUT2D eigenvalue weighted by atomic mass is 32.1. The van der Waals surface area contributed by atoms with E-state index in [4.69, 9.17) is 5.73 Å². The Bertz CT molecular complexity index is 302. The third-order valence-electron chi connectivity index (χ3n) is 2.69. The van der Waals surface area contributed by atoms with Crippen LogP contribution < -0.4 is 5.73 Å². The van der Waals surface area contributed by atoms with E-state index in [0.29, 0.717) is 6.54 Å². The Morgan fingerprint density at radius 3 is 2.67 bits per heavy atom. The van der Waals surface area contributed by atoms with Crippen LogP contribution in [-0.2, 0) is 11.8 Å². The second-order valence-corrected chi connectivity index (χ2v) is 6.09. The first-order chi connectivity index (χ1) is 6.95. The lowest BCUT2D eigenvalue weighted by Gasteiger charge is -2.19. The van der Waals surface area contributed by atoms with Gasteiger partial charge in [-0.05, 0) is 18.8 Å². The minimum absolute atomic E-state index is 0.0204. The Morgan fingerprint density at radius 2 is 2.13 bits per heavy atom. The van der Waals surface area contributed by atoms with Gasteiger partial charge < -0.3 is 5.73 Å². The molecule has 0 bridgehead atoms. The third kappa shape index (κ3) is 3.58. The molecule has 0 saturated carbocycles. The van der Waals surface area contributed by atoms with Gasteiger partial charge in [-0.1, -0.05) is 27.7 Å². The summed E-state index contributed by atoms with van der Waals surface area (Å²) in [5.74, 6) is 0.750. The number of aryl methyl sites for hydroxylation is 1. The average molecular weight is 226 g/mol. The van der Waals surface area contributed by atoms with E-state index in [-0.39, 0.29) is 5.41 Å². The van der Waals surface area contributed by atoms with Gasteiger partial charge in [0.25, 0.3) is 0 Å². The number of hydrogen-bond acceptors (Lipinski definition) is 3. The molecule has 1 heterocycles. The van der Waals surface area contributed by atoms with Crippen LogP contribution in [-0.4, -0.2) is 11.5 Å². The summed E-state index contributed by atoms with van der Waals surface area (Å²) >= 11 is 1.77. The molecule has 1 aromatic rings. The molecule has 15 heavy (non-hydrogen) atoms. The van der Waals surface area contributed by atoms with E-state index in [1.807, 2.05) is 0 Å². The fourth-order valence-corrected chi connectivity index (χ4v) is 2.26. The topological polar surface area (TPSA) is 38.9 Å². The summed E-state index contributed by atoms with van der Waals surface area (Å²) in [5, 5.41) is 3.41. The van der Waals surface area contributed by atoms with Crippen LogP contribution in [0, 0.1) is 5.92 Å². The van der Waals surface area contributed by atoms with Crippen LogP contribution in [0.1, 0.15) is 44.8 Å². The van der Waals surface area contributed by atoms with Gasteiger partial charge in [-0.2, -0.15) is 0 Å². The number of rotatable bonds is 5. The summed E-state index contributed by atoms with van der Waals surface area (Å²) in [5.41, 5.74) is 6.90. The van der Waals surface area contributed by atoms with Crippen molar-refractivity contribution in [1.29, 1.82) is 0 Å². The molecular formula is C12H22N2S. The van der Waals surface area contributed by atoms with Gasteiger partial charge in [-0.15, -0.1) is 11.3 Å². The normalized spacial score (nSPS) is 12.4. The Morgan fingerprint density at radius 1 is 1.47 bits per heavy atom. The SMILES string of the molecule is CC(C)CCc1nc(C(C)(C)CN)cs1. The molecule has 0 spiro atoms. The first kappa shape index (κ1) is 12.7. The van der Waals surface area contributed by atoms with Gasteiger partial charge in [-0.3, -0.25) is 0 Å². The Kier molecular flexibility index (Phi) is 4.29. The van der Waals surface area contributed by atoms with Crippen molar-refractivity contribution in [3.8, 4) is 0 Å². The predicted octanol–water partition coefficient (Wildman–Crippen LogP) is 2.97. The number of nitrogens with zero attached hydrogens (tertiary/aromatic N) is 1. The fraction of sp³-hybridized carbons (Fsp3) is 0.750. The zero-order valence-electron chi connectivity index (χ0n) is 10.2. The summed E-state index contributed by atoms with van der Waals surface area (Å²) < 4.78 is 0. The van der Waals surface area contributed by atoms with Crippen LogP contribution in [0.2, 0.25) is 0 Å². The van der Waals surface area contributed by atoms with E-state index in [0.717, 1.165) is 18.0 Å². The molecule has 1 rings (SSSR count). The summed E-state index contributed by atoms with van der Waals surface area (Å²) in [7, 11) is 0. The Hall–Kier alpha value is -0.410. The highest BCUT2D eigenvalue weighted by Gasteiger charge is 2.21. The highest BCUT2D eigenvalue weighted by Crippen LogP contribution is 2.24. The first-order valence-electron chi connectivity index (χ1n) is 5.60. The summed E-state index contributed by atoms with van der Waals surface area (Å²) in [6.07, 6.45) is 2.32. The van der Waals surface area contributed by atoms with E-state index >= 15 is 0 Å². The van der Waals surface area contributed by atoms with Crippen molar-refractivity contribution in [2.75, 3.05) is 6.54 Å². The monoisotopic (exact) mass is 226 g/mol. The zero-order valence-corrected chi connectivity index (χ0v) is 11.0. The molecule has 0 amide bonds. The van der Waals surface area contributed by atoms with Crippen LogP contribution in [0.25, 0.3) is 0 Å². The van der Waals surface area contributed by atoms with Crippen molar-refractivity contribution < 1.29 is 0 Å². The molecule has 0 aliphatic carbocycles. The molecule has 0 fully saturated rings. The van der Waals surface area contributed by atoms with Gasteiger partial charge in [0.05, 0.1) is 10.7 Å². The Balaban J connectivity index is 2.64. The molecule has 0 unspecified atom stereocenters. The van der Waals surface area contributed by atoms with E-state index in [2.05, 4.69) is 38.1 Å². The average Bonchev–Trinajstić information content (AvgIpc) is 2.63. The molecule has 3 heteroatoms. The minimum atomic E-state index is 0.0204. The molecule has 1 aromatic heterocycles. The largest absolute Gasteiger partial charge is 0.330 e. The van der Waals surface area contributed by atoms with Crippen LogP contribution in [0.15, 0.2) is 5.38 Å². The molecule has 0 atom stereocenters. The Labute approximate surface area is 96.9 Å². The minimum Gasteiger partial charge on any atom is -0.330 e. The molecule has 86 valence electrons. The van der Waals surface area contributed by atoms with Crippen LogP contribution in [0.4, 0.5) is 0 Å². The molecular weight excluding hydrogens is 204 g/mol. The van der Waals surface area contributed by atoms with Gasteiger partial charge in [0.15, 0.2) is 0 Å². The van der Waals surface area contributed by atoms with Gasteiger partial charge in [-0.25, -0.2) is 4.98 Å². The summed E-state index contributed by atoms with van der Waals surface area (Å²) in [6, 6.07) is 0. The maximum atomic E-state index is 5.73. The second kappa shape index (κ2) is 5.08. The van der Waals surface area contributed by atoms with Crippen molar-refractivity contribution in [3.05, 3.63) is 16.1 Å². The van der Waals surface area contributed by atoms with E-state index < -0.39 is 0 Å². The smallest absolute Gasteiger partial charge is 0.0928 e. The quantitative estimate of drug-likeness (QED) is 0.838. The van der Waals surface area contributed by atoms with E-state index in [1.165, 1.54) is 11.4 Å². The van der Waals surface area contributed by atoms with Crippen molar-refractivity contribution in [2.24, 2.45) is 11.7 Å².